The summed E-state index contributed by atoms with van der Waals surface area (Å²) in [5, 5.41) is 12.6. The summed E-state index contributed by atoms with van der Waals surface area (Å²) in [6.45, 7) is 2.03. The van der Waals surface area contributed by atoms with Crippen LogP contribution in [0.15, 0.2) is 0 Å². The number of hydrogen-bond acceptors (Lipinski definition) is 6. The molecule has 1 rings (SSSR count). The minimum Gasteiger partial charge on any atom is -0.391 e. The summed E-state index contributed by atoms with van der Waals surface area (Å²) < 4.78 is 33.7. The number of sulfone groups is 1. The van der Waals surface area contributed by atoms with E-state index in [2.05, 4.69) is 5.32 Å². The predicted octanol–water partition coefficient (Wildman–Crippen LogP) is -0.823. The van der Waals surface area contributed by atoms with Gasteiger partial charge in [0.25, 0.3) is 0 Å². The zero-order chi connectivity index (χ0) is 13.4. The minimum atomic E-state index is -3.25. The molecule has 108 valence electrons. The maximum atomic E-state index is 11.8. The topological polar surface area (TPSA) is 84.9 Å². The van der Waals surface area contributed by atoms with E-state index in [1.165, 1.54) is 0 Å². The summed E-state index contributed by atoms with van der Waals surface area (Å²) in [5.41, 5.74) is 0. The van der Waals surface area contributed by atoms with Gasteiger partial charge in [0.05, 0.1) is 30.3 Å². The van der Waals surface area contributed by atoms with Crippen molar-refractivity contribution in [3.8, 4) is 0 Å². The lowest BCUT2D eigenvalue weighted by Crippen LogP contribution is -2.36. The summed E-state index contributed by atoms with van der Waals surface area (Å²) in [4.78, 5) is 0. The predicted molar refractivity (Wildman–Crippen MR) is 68.4 cm³/mol. The number of aliphatic hydroxyl groups is 1. The summed E-state index contributed by atoms with van der Waals surface area (Å²) in [6, 6.07) is 0. The Kier molecular flexibility index (Phi) is 7.10. The smallest absolute Gasteiger partial charge is 0.155 e. The molecule has 6 nitrogen and oxygen atoms in total. The molecule has 0 spiro atoms. The number of methoxy groups -OCH3 is 1. The number of nitrogens with one attached hydrogen (secondary N) is 1. The minimum absolute atomic E-state index is 0.0160. The Morgan fingerprint density at radius 1 is 1.56 bits per heavy atom. The molecule has 1 aliphatic rings. The highest BCUT2D eigenvalue weighted by Gasteiger charge is 2.25. The molecule has 0 bridgehead atoms. The standard InChI is InChI=1S/C11H23NO5S/c1-16-6-4-12-7-10(13)8-18(14,15)9-11-3-2-5-17-11/h10-13H,2-9H2,1H3. The van der Waals surface area contributed by atoms with Gasteiger partial charge in [0, 0.05) is 26.8 Å². The molecule has 7 heteroatoms. The number of ether oxygens (including phenoxy) is 2. The zero-order valence-electron chi connectivity index (χ0n) is 10.8. The average molecular weight is 281 g/mol. The molecule has 1 heterocycles. The van der Waals surface area contributed by atoms with Crippen LogP contribution in [-0.4, -0.2) is 70.7 Å². The van der Waals surface area contributed by atoms with Gasteiger partial charge in [-0.25, -0.2) is 8.42 Å². The van der Waals surface area contributed by atoms with Crippen molar-refractivity contribution in [2.75, 3.05) is 44.9 Å². The van der Waals surface area contributed by atoms with Crippen molar-refractivity contribution in [3.05, 3.63) is 0 Å². The van der Waals surface area contributed by atoms with Crippen molar-refractivity contribution < 1.29 is 23.0 Å². The van der Waals surface area contributed by atoms with E-state index in [4.69, 9.17) is 9.47 Å². The van der Waals surface area contributed by atoms with Crippen LogP contribution in [0.5, 0.6) is 0 Å². The highest BCUT2D eigenvalue weighted by molar-refractivity contribution is 7.91. The molecule has 0 aliphatic carbocycles. The fraction of sp³-hybridized carbons (Fsp3) is 1.00. The molecule has 0 saturated carbocycles. The molecule has 2 N–H and O–H groups in total. The monoisotopic (exact) mass is 281 g/mol. The Morgan fingerprint density at radius 3 is 2.94 bits per heavy atom. The van der Waals surface area contributed by atoms with E-state index in [-0.39, 0.29) is 24.2 Å². The van der Waals surface area contributed by atoms with E-state index in [1.807, 2.05) is 0 Å². The Morgan fingerprint density at radius 2 is 2.33 bits per heavy atom. The molecule has 0 aromatic carbocycles. The van der Waals surface area contributed by atoms with Gasteiger partial charge in [0.1, 0.15) is 0 Å². The summed E-state index contributed by atoms with van der Waals surface area (Å²) in [7, 11) is -1.67. The van der Waals surface area contributed by atoms with Gasteiger partial charge in [-0.2, -0.15) is 0 Å². The van der Waals surface area contributed by atoms with Crippen LogP contribution in [0.2, 0.25) is 0 Å². The second-order valence-electron chi connectivity index (χ2n) is 4.56. The van der Waals surface area contributed by atoms with Crippen LogP contribution in [0.25, 0.3) is 0 Å². The van der Waals surface area contributed by atoms with Gasteiger partial charge in [-0.1, -0.05) is 0 Å². The fourth-order valence-electron chi connectivity index (χ4n) is 1.92. The van der Waals surface area contributed by atoms with Crippen LogP contribution in [0.1, 0.15) is 12.8 Å². The van der Waals surface area contributed by atoms with Crippen LogP contribution in [-0.2, 0) is 19.3 Å². The van der Waals surface area contributed by atoms with E-state index in [0.29, 0.717) is 19.8 Å². The summed E-state index contributed by atoms with van der Waals surface area (Å²) in [6.07, 6.45) is 0.639. The van der Waals surface area contributed by atoms with Crippen molar-refractivity contribution in [1.82, 2.24) is 5.32 Å². The number of aliphatic hydroxyl groups excluding tert-OH is 1. The quantitative estimate of drug-likeness (QED) is 0.537. The lowest BCUT2D eigenvalue weighted by molar-refractivity contribution is 0.127. The van der Waals surface area contributed by atoms with E-state index in [9.17, 15) is 13.5 Å². The molecule has 0 radical (unpaired) electrons. The first kappa shape index (κ1) is 15.8. The average Bonchev–Trinajstić information content (AvgIpc) is 2.75. The Bertz CT molecular complexity index is 313. The highest BCUT2D eigenvalue weighted by Crippen LogP contribution is 2.14. The number of hydrogen-bond donors (Lipinski definition) is 2. The first-order valence-electron chi connectivity index (χ1n) is 6.23. The van der Waals surface area contributed by atoms with Gasteiger partial charge in [-0.05, 0) is 12.8 Å². The molecule has 1 aliphatic heterocycles. The summed E-state index contributed by atoms with van der Waals surface area (Å²) in [5.74, 6) is -0.199. The van der Waals surface area contributed by atoms with Crippen LogP contribution in [0, 0.1) is 0 Å². The molecule has 0 aromatic rings. The van der Waals surface area contributed by atoms with Crippen molar-refractivity contribution in [3.63, 3.8) is 0 Å². The van der Waals surface area contributed by atoms with Crippen molar-refractivity contribution in [2.45, 2.75) is 25.0 Å². The maximum absolute atomic E-state index is 11.8. The van der Waals surface area contributed by atoms with Gasteiger partial charge in [0.2, 0.25) is 0 Å². The van der Waals surface area contributed by atoms with E-state index < -0.39 is 15.9 Å². The third-order valence-corrected chi connectivity index (χ3v) is 4.55. The SMILES string of the molecule is COCCNCC(O)CS(=O)(=O)CC1CCCO1. The van der Waals surface area contributed by atoms with Gasteiger partial charge in [0.15, 0.2) is 9.84 Å². The lowest BCUT2D eigenvalue weighted by Gasteiger charge is -2.14. The molecule has 2 unspecified atom stereocenters. The first-order chi connectivity index (χ1) is 8.53. The Hall–Kier alpha value is -0.210. The normalized spacial score (nSPS) is 22.2. The molecule has 0 amide bonds. The maximum Gasteiger partial charge on any atom is 0.155 e. The van der Waals surface area contributed by atoms with Gasteiger partial charge < -0.3 is 19.9 Å². The Balaban J connectivity index is 2.21. The molecule has 1 saturated heterocycles. The molecule has 18 heavy (non-hydrogen) atoms. The second kappa shape index (κ2) is 8.06. The lowest BCUT2D eigenvalue weighted by atomic mass is 10.3. The first-order valence-corrected chi connectivity index (χ1v) is 8.05. The second-order valence-corrected chi connectivity index (χ2v) is 6.72. The van der Waals surface area contributed by atoms with Crippen LogP contribution < -0.4 is 5.32 Å². The van der Waals surface area contributed by atoms with Crippen LogP contribution in [0.3, 0.4) is 0 Å². The Labute approximate surface area is 109 Å². The van der Waals surface area contributed by atoms with E-state index in [1.54, 1.807) is 7.11 Å². The molecule has 2 atom stereocenters. The molecular weight excluding hydrogens is 258 g/mol. The van der Waals surface area contributed by atoms with Crippen LogP contribution in [0.4, 0.5) is 0 Å². The van der Waals surface area contributed by atoms with Gasteiger partial charge in [-0.3, -0.25) is 0 Å². The van der Waals surface area contributed by atoms with Crippen molar-refractivity contribution in [2.24, 2.45) is 0 Å². The third kappa shape index (κ3) is 6.65. The van der Waals surface area contributed by atoms with Gasteiger partial charge >= 0.3 is 0 Å². The molecule has 0 aromatic heterocycles. The van der Waals surface area contributed by atoms with E-state index in [0.717, 1.165) is 12.8 Å². The van der Waals surface area contributed by atoms with Crippen LogP contribution >= 0.6 is 0 Å². The highest BCUT2D eigenvalue weighted by atomic mass is 32.2. The van der Waals surface area contributed by atoms with E-state index >= 15 is 0 Å². The number of rotatable bonds is 9. The van der Waals surface area contributed by atoms with Gasteiger partial charge in [-0.15, -0.1) is 0 Å². The molecule has 1 fully saturated rings. The molecular formula is C11H23NO5S. The largest absolute Gasteiger partial charge is 0.391 e. The zero-order valence-corrected chi connectivity index (χ0v) is 11.6. The fourth-order valence-corrected chi connectivity index (χ4v) is 3.59. The third-order valence-electron chi connectivity index (χ3n) is 2.77. The van der Waals surface area contributed by atoms with Crippen molar-refractivity contribution in [1.29, 1.82) is 0 Å². The van der Waals surface area contributed by atoms with Crippen molar-refractivity contribution >= 4 is 9.84 Å². The summed E-state index contributed by atoms with van der Waals surface area (Å²) >= 11 is 0.